The molecule has 7 nitrogen and oxygen atoms in total. The highest BCUT2D eigenvalue weighted by atomic mass is 16.5. The summed E-state index contributed by atoms with van der Waals surface area (Å²) in [7, 11) is 0. The van der Waals surface area contributed by atoms with E-state index in [-0.39, 0.29) is 18.0 Å². The first-order valence-corrected chi connectivity index (χ1v) is 8.24. The molecule has 130 valence electrons. The summed E-state index contributed by atoms with van der Waals surface area (Å²) in [4.78, 5) is 20.5. The van der Waals surface area contributed by atoms with Gasteiger partial charge in [0, 0.05) is 6.54 Å². The number of benzene rings is 1. The third kappa shape index (κ3) is 3.76. The highest BCUT2D eigenvalue weighted by Crippen LogP contribution is 2.21. The third-order valence-electron chi connectivity index (χ3n) is 3.70. The molecule has 1 N–H and O–H groups in total. The van der Waals surface area contributed by atoms with Crippen LogP contribution in [0.2, 0.25) is 0 Å². The van der Waals surface area contributed by atoms with Crippen molar-refractivity contribution in [3.05, 3.63) is 42.9 Å². The van der Waals surface area contributed by atoms with Crippen molar-refractivity contribution in [2.45, 2.75) is 26.9 Å². The van der Waals surface area contributed by atoms with Crippen LogP contribution in [0.15, 0.2) is 42.9 Å². The minimum absolute atomic E-state index is 0.121. The molecule has 2 heterocycles. The van der Waals surface area contributed by atoms with Gasteiger partial charge in [-0.2, -0.15) is 5.10 Å². The summed E-state index contributed by atoms with van der Waals surface area (Å²) in [6.45, 7) is 5.92. The van der Waals surface area contributed by atoms with Crippen molar-refractivity contribution in [2.75, 3.05) is 11.9 Å². The van der Waals surface area contributed by atoms with Crippen molar-refractivity contribution in [1.82, 2.24) is 19.7 Å². The standard InChI is InChI=1S/C18H21N5O2/c1-12(2)25-18(24)13(3)9-19-16-15-10-22-23(17(15)21-11-20-16)14-7-5-4-6-8-14/h4-8,10-13H,9H2,1-3H3,(H,19,20,21). The normalized spacial score (nSPS) is 12.3. The molecule has 1 unspecified atom stereocenters. The zero-order chi connectivity index (χ0) is 17.8. The Kier molecular flexibility index (Phi) is 4.92. The fourth-order valence-corrected chi connectivity index (χ4v) is 2.42. The Morgan fingerprint density at radius 3 is 2.68 bits per heavy atom. The van der Waals surface area contributed by atoms with E-state index in [9.17, 15) is 4.79 Å². The summed E-state index contributed by atoms with van der Waals surface area (Å²) in [6.07, 6.45) is 3.09. The van der Waals surface area contributed by atoms with Gasteiger partial charge in [0.05, 0.1) is 29.3 Å². The van der Waals surface area contributed by atoms with Crippen molar-refractivity contribution < 1.29 is 9.53 Å². The number of nitrogens with zero attached hydrogens (tertiary/aromatic N) is 4. The second-order valence-electron chi connectivity index (χ2n) is 6.12. The summed E-state index contributed by atoms with van der Waals surface area (Å²) in [5, 5.41) is 8.41. The molecule has 0 aliphatic carbocycles. The van der Waals surface area contributed by atoms with Crippen molar-refractivity contribution in [3.63, 3.8) is 0 Å². The second-order valence-corrected chi connectivity index (χ2v) is 6.12. The maximum absolute atomic E-state index is 11.9. The number of fused-ring (bicyclic) bond motifs is 1. The lowest BCUT2D eigenvalue weighted by Gasteiger charge is -2.15. The number of aromatic nitrogens is 4. The number of ether oxygens (including phenoxy) is 1. The monoisotopic (exact) mass is 339 g/mol. The molecule has 2 aromatic heterocycles. The molecule has 0 radical (unpaired) electrons. The van der Waals surface area contributed by atoms with Crippen molar-refractivity contribution in [1.29, 1.82) is 0 Å². The number of anilines is 1. The lowest BCUT2D eigenvalue weighted by Crippen LogP contribution is -2.25. The fraction of sp³-hybridized carbons (Fsp3) is 0.333. The molecule has 0 aliphatic rings. The van der Waals surface area contributed by atoms with Crippen molar-refractivity contribution in [2.24, 2.45) is 5.92 Å². The van der Waals surface area contributed by atoms with E-state index in [1.807, 2.05) is 51.1 Å². The Hall–Kier alpha value is -2.96. The van der Waals surface area contributed by atoms with Gasteiger partial charge >= 0.3 is 5.97 Å². The van der Waals surface area contributed by atoms with E-state index in [2.05, 4.69) is 20.4 Å². The van der Waals surface area contributed by atoms with Crippen LogP contribution in [-0.4, -0.2) is 38.4 Å². The quantitative estimate of drug-likeness (QED) is 0.696. The molecule has 0 amide bonds. The van der Waals surface area contributed by atoms with Crippen LogP contribution in [0.5, 0.6) is 0 Å². The molecule has 7 heteroatoms. The van der Waals surface area contributed by atoms with Crippen molar-refractivity contribution >= 4 is 22.8 Å². The van der Waals surface area contributed by atoms with E-state index in [0.29, 0.717) is 18.0 Å². The Bertz CT molecular complexity index is 860. The predicted molar refractivity (Wildman–Crippen MR) is 95.5 cm³/mol. The lowest BCUT2D eigenvalue weighted by atomic mass is 10.2. The number of para-hydroxylation sites is 1. The van der Waals surface area contributed by atoms with E-state index in [1.165, 1.54) is 6.33 Å². The van der Waals surface area contributed by atoms with Gasteiger partial charge in [0.25, 0.3) is 0 Å². The smallest absolute Gasteiger partial charge is 0.310 e. The number of rotatable bonds is 6. The van der Waals surface area contributed by atoms with Gasteiger partial charge in [-0.1, -0.05) is 25.1 Å². The van der Waals surface area contributed by atoms with E-state index >= 15 is 0 Å². The molecule has 0 fully saturated rings. The highest BCUT2D eigenvalue weighted by Gasteiger charge is 2.17. The van der Waals surface area contributed by atoms with Gasteiger partial charge in [-0.25, -0.2) is 14.6 Å². The summed E-state index contributed by atoms with van der Waals surface area (Å²) in [5.74, 6) is 0.140. The van der Waals surface area contributed by atoms with Crippen LogP contribution in [0, 0.1) is 5.92 Å². The molecule has 0 bridgehead atoms. The minimum atomic E-state index is -0.281. The average molecular weight is 339 g/mol. The molecule has 0 saturated heterocycles. The predicted octanol–water partition coefficient (Wildman–Crippen LogP) is 2.82. The topological polar surface area (TPSA) is 81.9 Å². The van der Waals surface area contributed by atoms with Crippen LogP contribution in [0.1, 0.15) is 20.8 Å². The first kappa shape index (κ1) is 16.9. The van der Waals surface area contributed by atoms with Crippen LogP contribution in [0.25, 0.3) is 16.7 Å². The van der Waals surface area contributed by atoms with Crippen LogP contribution in [0.3, 0.4) is 0 Å². The van der Waals surface area contributed by atoms with Gasteiger partial charge in [-0.3, -0.25) is 4.79 Å². The fourth-order valence-electron chi connectivity index (χ4n) is 2.42. The van der Waals surface area contributed by atoms with Crippen LogP contribution in [0.4, 0.5) is 5.82 Å². The van der Waals surface area contributed by atoms with Crippen molar-refractivity contribution in [3.8, 4) is 5.69 Å². The van der Waals surface area contributed by atoms with Gasteiger partial charge in [0.2, 0.25) is 0 Å². The molecule has 1 atom stereocenters. The van der Waals surface area contributed by atoms with Gasteiger partial charge < -0.3 is 10.1 Å². The van der Waals surface area contributed by atoms with E-state index in [0.717, 1.165) is 11.1 Å². The third-order valence-corrected chi connectivity index (χ3v) is 3.70. The number of esters is 1. The van der Waals surface area contributed by atoms with Crippen LogP contribution >= 0.6 is 0 Å². The number of carbonyl (C=O) groups is 1. The van der Waals surface area contributed by atoms with E-state index < -0.39 is 0 Å². The molecular weight excluding hydrogens is 318 g/mol. The molecule has 3 aromatic rings. The SMILES string of the molecule is CC(C)OC(=O)C(C)CNc1ncnc2c1cnn2-c1ccccc1. The summed E-state index contributed by atoms with van der Waals surface area (Å²) in [5.41, 5.74) is 1.64. The molecule has 0 saturated carbocycles. The Labute approximate surface area is 146 Å². The largest absolute Gasteiger partial charge is 0.463 e. The molecule has 3 rings (SSSR count). The summed E-state index contributed by atoms with van der Waals surface area (Å²) >= 11 is 0. The molecule has 25 heavy (non-hydrogen) atoms. The van der Waals surface area contributed by atoms with Gasteiger partial charge in [0.15, 0.2) is 5.65 Å². The maximum atomic E-state index is 11.9. The summed E-state index contributed by atoms with van der Waals surface area (Å²) in [6, 6.07) is 9.78. The number of carbonyl (C=O) groups excluding carboxylic acids is 1. The number of hydrogen-bond donors (Lipinski definition) is 1. The van der Waals surface area contributed by atoms with E-state index in [4.69, 9.17) is 4.74 Å². The first-order chi connectivity index (χ1) is 12.1. The zero-order valence-corrected chi connectivity index (χ0v) is 14.5. The summed E-state index contributed by atoms with van der Waals surface area (Å²) < 4.78 is 6.98. The minimum Gasteiger partial charge on any atom is -0.463 e. The lowest BCUT2D eigenvalue weighted by molar-refractivity contribution is -0.151. The Morgan fingerprint density at radius 1 is 1.20 bits per heavy atom. The van der Waals surface area contributed by atoms with Gasteiger partial charge in [-0.15, -0.1) is 0 Å². The number of hydrogen-bond acceptors (Lipinski definition) is 6. The number of nitrogens with one attached hydrogen (secondary N) is 1. The van der Waals surface area contributed by atoms with Crippen LogP contribution < -0.4 is 5.32 Å². The molecule has 0 aliphatic heterocycles. The van der Waals surface area contributed by atoms with Crippen LogP contribution in [-0.2, 0) is 9.53 Å². The zero-order valence-electron chi connectivity index (χ0n) is 14.5. The molecular formula is C18H21N5O2. The second kappa shape index (κ2) is 7.29. The highest BCUT2D eigenvalue weighted by molar-refractivity contribution is 5.87. The molecule has 1 aromatic carbocycles. The first-order valence-electron chi connectivity index (χ1n) is 8.24. The molecule has 0 spiro atoms. The Morgan fingerprint density at radius 2 is 1.96 bits per heavy atom. The van der Waals surface area contributed by atoms with Gasteiger partial charge in [-0.05, 0) is 26.0 Å². The Balaban J connectivity index is 1.79. The van der Waals surface area contributed by atoms with Gasteiger partial charge in [0.1, 0.15) is 12.1 Å². The maximum Gasteiger partial charge on any atom is 0.310 e. The van der Waals surface area contributed by atoms with E-state index in [1.54, 1.807) is 10.9 Å². The average Bonchev–Trinajstić information content (AvgIpc) is 3.04.